The van der Waals surface area contributed by atoms with Crippen LogP contribution >= 0.6 is 0 Å². The van der Waals surface area contributed by atoms with E-state index in [4.69, 9.17) is 18.9 Å². The summed E-state index contributed by atoms with van der Waals surface area (Å²) < 4.78 is 20.7. The summed E-state index contributed by atoms with van der Waals surface area (Å²) in [6, 6.07) is 3.65. The predicted octanol–water partition coefficient (Wildman–Crippen LogP) is 0.598. The highest BCUT2D eigenvalue weighted by Gasteiger charge is 2.21. The Hall–Kier alpha value is -2.78. The zero-order valence-corrected chi connectivity index (χ0v) is 15.8. The second kappa shape index (κ2) is 9.79. The number of esters is 1. The average molecular weight is 379 g/mol. The van der Waals surface area contributed by atoms with E-state index in [1.807, 2.05) is 6.92 Å². The summed E-state index contributed by atoms with van der Waals surface area (Å²) in [5, 5.41) is 2.72. The number of amides is 1. The van der Waals surface area contributed by atoms with Crippen molar-refractivity contribution >= 4 is 18.0 Å². The molecule has 1 aromatic carbocycles. The average Bonchev–Trinajstić information content (AvgIpc) is 3.08. The zero-order chi connectivity index (χ0) is 19.8. The number of hydrazine groups is 1. The van der Waals surface area contributed by atoms with Crippen LogP contribution in [0.15, 0.2) is 18.2 Å². The van der Waals surface area contributed by atoms with Crippen molar-refractivity contribution in [1.82, 2.24) is 16.2 Å². The molecule has 2 atom stereocenters. The first-order valence-electron chi connectivity index (χ1n) is 8.42. The summed E-state index contributed by atoms with van der Waals surface area (Å²) in [6.07, 6.45) is 3.34. The number of hydrogen-bond acceptors (Lipinski definition) is 8. The number of carbonyl (C=O) groups excluding carboxylic acids is 2. The van der Waals surface area contributed by atoms with Crippen molar-refractivity contribution in [3.05, 3.63) is 23.8 Å². The first-order valence-corrected chi connectivity index (χ1v) is 8.42. The summed E-state index contributed by atoms with van der Waals surface area (Å²) in [5.74, 6) is 0.385. The molecule has 148 valence electrons. The number of nitrogens with one attached hydrogen (secondary N) is 3. The molecule has 1 saturated heterocycles. The maximum absolute atomic E-state index is 11.8. The van der Waals surface area contributed by atoms with E-state index in [9.17, 15) is 9.59 Å². The molecule has 9 heteroatoms. The third kappa shape index (κ3) is 5.87. The second-order valence-corrected chi connectivity index (χ2v) is 5.95. The van der Waals surface area contributed by atoms with Crippen LogP contribution in [0.2, 0.25) is 0 Å². The van der Waals surface area contributed by atoms with E-state index in [1.165, 1.54) is 33.5 Å². The van der Waals surface area contributed by atoms with Gasteiger partial charge in [-0.15, -0.1) is 0 Å². The Morgan fingerprint density at radius 3 is 2.33 bits per heavy atom. The fourth-order valence-electron chi connectivity index (χ4n) is 2.59. The molecule has 1 amide bonds. The summed E-state index contributed by atoms with van der Waals surface area (Å²) in [6.45, 7) is 1.64. The van der Waals surface area contributed by atoms with Crippen LogP contribution in [0.25, 0.3) is 6.08 Å². The lowest BCUT2D eigenvalue weighted by atomic mass is 10.1. The molecule has 2 rings (SSSR count). The van der Waals surface area contributed by atoms with E-state index < -0.39 is 5.97 Å². The molecular weight excluding hydrogens is 354 g/mol. The van der Waals surface area contributed by atoms with Crippen LogP contribution in [0.3, 0.4) is 0 Å². The number of carbonyl (C=O) groups is 2. The molecule has 3 N–H and O–H groups in total. The van der Waals surface area contributed by atoms with E-state index in [0.29, 0.717) is 22.8 Å². The highest BCUT2D eigenvalue weighted by Crippen LogP contribution is 2.38. The molecule has 1 aliphatic rings. The molecule has 0 spiro atoms. The molecular formula is C18H25N3O6. The predicted molar refractivity (Wildman–Crippen MR) is 98.4 cm³/mol. The van der Waals surface area contributed by atoms with Crippen molar-refractivity contribution in [2.24, 2.45) is 0 Å². The molecule has 1 aliphatic heterocycles. The minimum atomic E-state index is -0.634. The van der Waals surface area contributed by atoms with Gasteiger partial charge in [0, 0.05) is 12.1 Å². The molecule has 1 aromatic rings. The second-order valence-electron chi connectivity index (χ2n) is 5.95. The lowest BCUT2D eigenvalue weighted by Crippen LogP contribution is -2.45. The quantitative estimate of drug-likeness (QED) is 0.445. The maximum Gasteiger partial charge on any atom is 0.331 e. The Labute approximate surface area is 158 Å². The minimum absolute atomic E-state index is 0.180. The summed E-state index contributed by atoms with van der Waals surface area (Å²) >= 11 is 0. The van der Waals surface area contributed by atoms with Crippen molar-refractivity contribution in [2.75, 3.05) is 27.9 Å². The number of benzene rings is 1. The van der Waals surface area contributed by atoms with E-state index in [1.54, 1.807) is 12.1 Å². The monoisotopic (exact) mass is 379 g/mol. The third-order valence-corrected chi connectivity index (χ3v) is 3.87. The fraction of sp³-hybridized carbons (Fsp3) is 0.444. The smallest absolute Gasteiger partial charge is 0.331 e. The topological polar surface area (TPSA) is 107 Å². The molecule has 0 bridgehead atoms. The Kier molecular flexibility index (Phi) is 7.44. The van der Waals surface area contributed by atoms with Gasteiger partial charge < -0.3 is 24.3 Å². The van der Waals surface area contributed by atoms with Gasteiger partial charge in [0.15, 0.2) is 18.1 Å². The third-order valence-electron chi connectivity index (χ3n) is 3.87. The van der Waals surface area contributed by atoms with Gasteiger partial charge in [-0.2, -0.15) is 0 Å². The molecule has 2 unspecified atom stereocenters. The lowest BCUT2D eigenvalue weighted by Gasteiger charge is -2.13. The largest absolute Gasteiger partial charge is 0.493 e. The first kappa shape index (κ1) is 20.5. The van der Waals surface area contributed by atoms with Gasteiger partial charge in [0.1, 0.15) is 0 Å². The zero-order valence-electron chi connectivity index (χ0n) is 15.8. The molecule has 27 heavy (non-hydrogen) atoms. The molecule has 0 aliphatic carbocycles. The SMILES string of the molecule is COc1cc(/C=C/C(=O)OCC(=O)NC2CC(C)NN2)cc(OC)c1OC. The molecule has 9 nitrogen and oxygen atoms in total. The first-order chi connectivity index (χ1) is 13.0. The Balaban J connectivity index is 1.89. The van der Waals surface area contributed by atoms with Crippen molar-refractivity contribution in [3.8, 4) is 17.2 Å². The van der Waals surface area contributed by atoms with Crippen LogP contribution in [0.4, 0.5) is 0 Å². The molecule has 0 aromatic heterocycles. The maximum atomic E-state index is 11.8. The highest BCUT2D eigenvalue weighted by molar-refractivity contribution is 5.89. The van der Waals surface area contributed by atoms with E-state index in [-0.39, 0.29) is 24.7 Å². The Morgan fingerprint density at radius 2 is 1.81 bits per heavy atom. The van der Waals surface area contributed by atoms with Crippen molar-refractivity contribution in [3.63, 3.8) is 0 Å². The van der Waals surface area contributed by atoms with Crippen LogP contribution in [0.5, 0.6) is 17.2 Å². The van der Waals surface area contributed by atoms with Crippen molar-refractivity contribution < 1.29 is 28.5 Å². The van der Waals surface area contributed by atoms with Gasteiger partial charge in [-0.1, -0.05) is 0 Å². The van der Waals surface area contributed by atoms with Crippen molar-refractivity contribution in [1.29, 1.82) is 0 Å². The number of rotatable bonds is 8. The Morgan fingerprint density at radius 1 is 1.15 bits per heavy atom. The van der Waals surface area contributed by atoms with Gasteiger partial charge >= 0.3 is 5.97 Å². The van der Waals surface area contributed by atoms with Gasteiger partial charge in [-0.25, -0.2) is 10.2 Å². The van der Waals surface area contributed by atoms with Crippen molar-refractivity contribution in [2.45, 2.75) is 25.6 Å². The van der Waals surface area contributed by atoms with Gasteiger partial charge in [-0.05, 0) is 37.1 Å². The van der Waals surface area contributed by atoms with E-state index >= 15 is 0 Å². The standard InChI is InChI=1S/C18H25N3O6/c1-11-7-15(21-20-11)19-16(22)10-27-17(23)6-5-12-8-13(24-2)18(26-4)14(9-12)25-3/h5-6,8-9,11,15,20-21H,7,10H2,1-4H3,(H,19,22)/b6-5+. The number of methoxy groups -OCH3 is 3. The number of hydrogen-bond donors (Lipinski definition) is 3. The minimum Gasteiger partial charge on any atom is -0.493 e. The molecule has 1 fully saturated rings. The summed E-state index contributed by atoms with van der Waals surface area (Å²) in [4.78, 5) is 23.6. The lowest BCUT2D eigenvalue weighted by molar-refractivity contribution is -0.144. The van der Waals surface area contributed by atoms with Crippen LogP contribution in [-0.4, -0.2) is 52.0 Å². The normalized spacial score (nSPS) is 19.0. The summed E-state index contributed by atoms with van der Waals surface area (Å²) in [5.41, 5.74) is 6.58. The molecule has 1 heterocycles. The molecule has 0 saturated carbocycles. The van der Waals surface area contributed by atoms with Gasteiger partial charge in [-0.3, -0.25) is 10.2 Å². The van der Waals surface area contributed by atoms with E-state index in [2.05, 4.69) is 16.2 Å². The van der Waals surface area contributed by atoms with Gasteiger partial charge in [0.25, 0.3) is 5.91 Å². The molecule has 0 radical (unpaired) electrons. The Bertz CT molecular complexity index is 681. The van der Waals surface area contributed by atoms with Crippen LogP contribution < -0.4 is 30.4 Å². The van der Waals surface area contributed by atoms with E-state index in [0.717, 1.165) is 6.42 Å². The number of ether oxygens (including phenoxy) is 4. The fourth-order valence-corrected chi connectivity index (χ4v) is 2.59. The highest BCUT2D eigenvalue weighted by atomic mass is 16.5. The van der Waals surface area contributed by atoms with Crippen LogP contribution in [0, 0.1) is 0 Å². The van der Waals surface area contributed by atoms with Crippen LogP contribution in [-0.2, 0) is 14.3 Å². The summed E-state index contributed by atoms with van der Waals surface area (Å²) in [7, 11) is 4.52. The van der Waals surface area contributed by atoms with Gasteiger partial charge in [0.05, 0.1) is 27.5 Å². The van der Waals surface area contributed by atoms with Crippen LogP contribution in [0.1, 0.15) is 18.9 Å². The van der Waals surface area contributed by atoms with Gasteiger partial charge in [0.2, 0.25) is 5.75 Å².